The Labute approximate surface area is 144 Å². The number of halogens is 3. The van der Waals surface area contributed by atoms with Crippen molar-refractivity contribution in [2.75, 3.05) is 12.0 Å². The van der Waals surface area contributed by atoms with Gasteiger partial charge < -0.3 is 11.1 Å². The van der Waals surface area contributed by atoms with Crippen LogP contribution in [0.1, 0.15) is 12.0 Å². The molecule has 0 saturated carbocycles. The quantitative estimate of drug-likeness (QED) is 0.736. The van der Waals surface area contributed by atoms with Gasteiger partial charge in [0.2, 0.25) is 5.91 Å². The van der Waals surface area contributed by atoms with Crippen molar-refractivity contribution < 1.29 is 13.2 Å². The number of carbonyl (C=O) groups excluding carboxylic acids is 1. The summed E-state index contributed by atoms with van der Waals surface area (Å²) in [5.41, 5.74) is 6.40. The van der Waals surface area contributed by atoms with Gasteiger partial charge in [-0.1, -0.05) is 33.6 Å². The van der Waals surface area contributed by atoms with E-state index >= 15 is 0 Å². The minimum absolute atomic E-state index is 0. The highest BCUT2D eigenvalue weighted by Gasteiger charge is 2.16. The summed E-state index contributed by atoms with van der Waals surface area (Å²) in [7, 11) is -3.12. The second-order valence-electron chi connectivity index (χ2n) is 4.48. The third kappa shape index (κ3) is 8.01. The van der Waals surface area contributed by atoms with Gasteiger partial charge in [-0.05, 0) is 24.1 Å². The van der Waals surface area contributed by atoms with Crippen LogP contribution in [0.4, 0.5) is 0 Å². The third-order valence-corrected chi connectivity index (χ3v) is 4.43. The molecule has 1 rings (SSSR count). The molecule has 0 radical (unpaired) electrons. The van der Waals surface area contributed by atoms with Crippen LogP contribution in [0, 0.1) is 0 Å². The van der Waals surface area contributed by atoms with E-state index in [1.165, 1.54) is 0 Å². The van der Waals surface area contributed by atoms with E-state index in [2.05, 4.69) is 21.2 Å². The first kappa shape index (κ1) is 20.7. The van der Waals surface area contributed by atoms with Crippen molar-refractivity contribution in [2.24, 2.45) is 5.73 Å². The van der Waals surface area contributed by atoms with Gasteiger partial charge in [0.1, 0.15) is 9.84 Å². The van der Waals surface area contributed by atoms with Crippen LogP contribution in [0.5, 0.6) is 0 Å². The SMILES string of the molecule is CS(=O)(=O)CCC(N)C(=O)NCc1ccc(Br)cc1Cl.Cl. The summed E-state index contributed by atoms with van der Waals surface area (Å²) in [5.74, 6) is -0.506. The molecule has 0 heterocycles. The van der Waals surface area contributed by atoms with Crippen LogP contribution in [-0.4, -0.2) is 32.4 Å². The summed E-state index contributed by atoms with van der Waals surface area (Å²) in [6.45, 7) is 0.248. The average Bonchev–Trinajstić information content (AvgIpc) is 2.33. The maximum atomic E-state index is 11.7. The second kappa shape index (κ2) is 8.95. The van der Waals surface area contributed by atoms with E-state index in [1.54, 1.807) is 12.1 Å². The van der Waals surface area contributed by atoms with E-state index in [9.17, 15) is 13.2 Å². The van der Waals surface area contributed by atoms with E-state index in [1.807, 2.05) is 6.07 Å². The zero-order valence-corrected chi connectivity index (χ0v) is 15.3. The van der Waals surface area contributed by atoms with Gasteiger partial charge in [-0.2, -0.15) is 0 Å². The number of rotatable bonds is 6. The lowest BCUT2D eigenvalue weighted by atomic mass is 10.2. The first-order valence-electron chi connectivity index (χ1n) is 5.84. The second-order valence-corrected chi connectivity index (χ2v) is 8.06. The largest absolute Gasteiger partial charge is 0.351 e. The molecule has 0 aliphatic heterocycles. The van der Waals surface area contributed by atoms with Gasteiger partial charge in [-0.15, -0.1) is 12.4 Å². The Hall–Kier alpha value is -0.340. The highest BCUT2D eigenvalue weighted by atomic mass is 79.9. The number of hydrogen-bond donors (Lipinski definition) is 2. The fraction of sp³-hybridized carbons (Fsp3) is 0.417. The molecule has 0 fully saturated rings. The third-order valence-electron chi connectivity index (χ3n) is 2.60. The molecule has 9 heteroatoms. The highest BCUT2D eigenvalue weighted by Crippen LogP contribution is 2.21. The molecule has 21 heavy (non-hydrogen) atoms. The Balaban J connectivity index is 0.00000400. The van der Waals surface area contributed by atoms with Gasteiger partial charge >= 0.3 is 0 Å². The van der Waals surface area contributed by atoms with E-state index in [4.69, 9.17) is 17.3 Å². The summed E-state index contributed by atoms with van der Waals surface area (Å²) >= 11 is 9.31. The normalized spacial score (nSPS) is 12.4. The first-order chi connectivity index (χ1) is 9.19. The predicted molar refractivity (Wildman–Crippen MR) is 90.5 cm³/mol. The van der Waals surface area contributed by atoms with Crippen LogP contribution in [-0.2, 0) is 21.2 Å². The van der Waals surface area contributed by atoms with Crippen molar-refractivity contribution in [1.82, 2.24) is 5.32 Å². The zero-order valence-electron chi connectivity index (χ0n) is 11.3. The van der Waals surface area contributed by atoms with Crippen LogP contribution in [0.2, 0.25) is 5.02 Å². The Bertz CT molecular complexity index is 596. The van der Waals surface area contributed by atoms with Gasteiger partial charge in [0, 0.05) is 22.3 Å². The molecule has 1 atom stereocenters. The molecule has 3 N–H and O–H groups in total. The number of amides is 1. The molecule has 0 spiro atoms. The molecule has 120 valence electrons. The van der Waals surface area contributed by atoms with Crippen molar-refractivity contribution in [2.45, 2.75) is 19.0 Å². The van der Waals surface area contributed by atoms with E-state index < -0.39 is 21.8 Å². The van der Waals surface area contributed by atoms with Gasteiger partial charge in [0.15, 0.2) is 0 Å². The van der Waals surface area contributed by atoms with Crippen LogP contribution < -0.4 is 11.1 Å². The summed E-state index contributed by atoms with van der Waals surface area (Å²) in [4.78, 5) is 11.7. The van der Waals surface area contributed by atoms with E-state index in [0.717, 1.165) is 16.3 Å². The lowest BCUT2D eigenvalue weighted by Gasteiger charge is -2.12. The summed E-state index contributed by atoms with van der Waals surface area (Å²) in [5, 5.41) is 3.17. The van der Waals surface area contributed by atoms with Crippen LogP contribution >= 0.6 is 39.9 Å². The number of carbonyl (C=O) groups is 1. The average molecular weight is 420 g/mol. The fourth-order valence-electron chi connectivity index (χ4n) is 1.45. The molecule has 0 bridgehead atoms. The number of nitrogens with two attached hydrogens (primary N) is 1. The zero-order chi connectivity index (χ0) is 15.3. The molecule has 0 saturated heterocycles. The standard InChI is InChI=1S/C12H16BrClN2O3S.ClH/c1-20(18,19)5-4-11(15)12(17)16-7-8-2-3-9(13)6-10(8)14;/h2-3,6,11H,4-5,7,15H2,1H3,(H,16,17);1H. The maximum absolute atomic E-state index is 11.7. The van der Waals surface area contributed by atoms with Gasteiger partial charge in [0.05, 0.1) is 11.8 Å². The Morgan fingerprint density at radius 2 is 2.10 bits per heavy atom. The Morgan fingerprint density at radius 3 is 2.62 bits per heavy atom. The number of sulfone groups is 1. The monoisotopic (exact) mass is 418 g/mol. The molecule has 0 aromatic heterocycles. The fourth-order valence-corrected chi connectivity index (χ4v) is 2.87. The van der Waals surface area contributed by atoms with Gasteiger partial charge in [0.25, 0.3) is 0 Å². The summed E-state index contributed by atoms with van der Waals surface area (Å²) in [6, 6.07) is 4.48. The molecule has 5 nitrogen and oxygen atoms in total. The summed E-state index contributed by atoms with van der Waals surface area (Å²) < 4.78 is 22.9. The number of nitrogens with one attached hydrogen (secondary N) is 1. The minimum atomic E-state index is -3.12. The van der Waals surface area contributed by atoms with Crippen LogP contribution in [0.3, 0.4) is 0 Å². The van der Waals surface area contributed by atoms with Crippen molar-refractivity contribution in [1.29, 1.82) is 0 Å². The van der Waals surface area contributed by atoms with Crippen LogP contribution in [0.25, 0.3) is 0 Å². The van der Waals surface area contributed by atoms with Crippen molar-refractivity contribution in [3.05, 3.63) is 33.3 Å². The molecule has 1 amide bonds. The topological polar surface area (TPSA) is 89.3 Å². The van der Waals surface area contributed by atoms with Crippen molar-refractivity contribution >= 4 is 55.7 Å². The van der Waals surface area contributed by atoms with Gasteiger partial charge in [-0.3, -0.25) is 4.79 Å². The lowest BCUT2D eigenvalue weighted by Crippen LogP contribution is -2.41. The molecule has 1 unspecified atom stereocenters. The molecular formula is C12H17BrCl2N2O3S. The summed E-state index contributed by atoms with van der Waals surface area (Å²) in [6.07, 6.45) is 1.21. The van der Waals surface area contributed by atoms with Crippen LogP contribution in [0.15, 0.2) is 22.7 Å². The molecule has 1 aromatic rings. The van der Waals surface area contributed by atoms with E-state index in [0.29, 0.717) is 5.02 Å². The van der Waals surface area contributed by atoms with E-state index in [-0.39, 0.29) is 31.1 Å². The Morgan fingerprint density at radius 1 is 1.48 bits per heavy atom. The molecular weight excluding hydrogens is 403 g/mol. The minimum Gasteiger partial charge on any atom is -0.351 e. The number of hydrogen-bond acceptors (Lipinski definition) is 4. The predicted octanol–water partition coefficient (Wildman–Crippen LogP) is 1.90. The molecule has 0 aliphatic carbocycles. The maximum Gasteiger partial charge on any atom is 0.237 e. The molecule has 1 aromatic carbocycles. The number of benzene rings is 1. The molecule has 0 aliphatic rings. The first-order valence-corrected chi connectivity index (χ1v) is 9.07. The van der Waals surface area contributed by atoms with Gasteiger partial charge in [-0.25, -0.2) is 8.42 Å². The smallest absolute Gasteiger partial charge is 0.237 e. The van der Waals surface area contributed by atoms with Crippen molar-refractivity contribution in [3.8, 4) is 0 Å². The Kier molecular flexibility index (Phi) is 8.80. The van der Waals surface area contributed by atoms with Crippen molar-refractivity contribution in [3.63, 3.8) is 0 Å². The lowest BCUT2D eigenvalue weighted by molar-refractivity contribution is -0.122. The highest BCUT2D eigenvalue weighted by molar-refractivity contribution is 9.10.